The molecule has 0 radical (unpaired) electrons. The third kappa shape index (κ3) is 4.69. The van der Waals surface area contributed by atoms with Crippen LogP contribution in [0.25, 0.3) is 0 Å². The number of amides is 1. The smallest absolute Gasteiger partial charge is 0.255 e. The first-order valence-corrected chi connectivity index (χ1v) is 11.4. The summed E-state index contributed by atoms with van der Waals surface area (Å²) in [6.07, 6.45) is 5.07. The van der Waals surface area contributed by atoms with Gasteiger partial charge in [0.05, 0.1) is 34.6 Å². The zero-order valence-electron chi connectivity index (χ0n) is 17.3. The third-order valence-corrected chi connectivity index (χ3v) is 7.19. The van der Waals surface area contributed by atoms with E-state index in [-0.39, 0.29) is 12.0 Å². The molecule has 0 atom stereocenters. The minimum Gasteiger partial charge on any atom is -0.492 e. The average molecular weight is 438 g/mol. The van der Waals surface area contributed by atoms with Gasteiger partial charge < -0.3 is 30.9 Å². The number of β-amino-alcohol motifs (C(OH)–C–C–N with tert-alkyl or cyclic N) is 1. The Labute approximate surface area is 182 Å². The van der Waals surface area contributed by atoms with E-state index in [1.165, 1.54) is 0 Å². The van der Waals surface area contributed by atoms with Gasteiger partial charge in [-0.15, -0.1) is 0 Å². The van der Waals surface area contributed by atoms with E-state index in [0.717, 1.165) is 31.5 Å². The summed E-state index contributed by atoms with van der Waals surface area (Å²) in [7, 11) is 0. The number of nitrogens with two attached hydrogens (primary N) is 1. The Hall–Kier alpha value is -1.54. The van der Waals surface area contributed by atoms with Gasteiger partial charge in [-0.05, 0) is 63.6 Å². The van der Waals surface area contributed by atoms with Gasteiger partial charge in [0.1, 0.15) is 5.75 Å². The molecule has 4 rings (SSSR count). The largest absolute Gasteiger partial charge is 0.492 e. The van der Waals surface area contributed by atoms with Crippen LogP contribution in [0, 0.1) is 5.92 Å². The van der Waals surface area contributed by atoms with Crippen LogP contribution in [0.2, 0.25) is 5.02 Å². The normalized spacial score (nSPS) is 27.5. The number of benzene rings is 1. The van der Waals surface area contributed by atoms with Crippen LogP contribution < -0.4 is 15.8 Å². The maximum atomic E-state index is 12.8. The zero-order valence-corrected chi connectivity index (χ0v) is 18.1. The van der Waals surface area contributed by atoms with Crippen molar-refractivity contribution in [2.45, 2.75) is 56.7 Å². The van der Waals surface area contributed by atoms with E-state index in [0.29, 0.717) is 79.7 Å². The van der Waals surface area contributed by atoms with Gasteiger partial charge in [-0.25, -0.2) is 0 Å². The standard InChI is InChI=1S/C22H32ClN3O4/c23-18-11-17(20-16(19(18)24)5-10-30-20)21(28)25-12-14-3-8-26(9-4-14)13-22(29)6-1-15(27)2-7-22/h11,14-15,27,29H,1-10,12-13,24H2,(H,25,28). The highest BCUT2D eigenvalue weighted by molar-refractivity contribution is 6.33. The number of piperidine rings is 1. The first kappa shape index (κ1) is 21.7. The minimum absolute atomic E-state index is 0.174. The van der Waals surface area contributed by atoms with E-state index in [1.807, 2.05) is 0 Å². The summed E-state index contributed by atoms with van der Waals surface area (Å²) in [5.41, 5.74) is 7.13. The second-order valence-corrected chi connectivity index (χ2v) is 9.52. The molecule has 2 fully saturated rings. The fourth-order valence-electron chi connectivity index (χ4n) is 4.93. The molecular weight excluding hydrogens is 406 g/mol. The molecule has 1 amide bonds. The fourth-order valence-corrected chi connectivity index (χ4v) is 5.15. The molecule has 30 heavy (non-hydrogen) atoms. The Morgan fingerprint density at radius 3 is 2.70 bits per heavy atom. The number of aliphatic hydroxyl groups excluding tert-OH is 1. The number of likely N-dealkylation sites (tertiary alicyclic amines) is 1. The van der Waals surface area contributed by atoms with Crippen LogP contribution in [0.4, 0.5) is 5.69 Å². The maximum absolute atomic E-state index is 12.8. The van der Waals surface area contributed by atoms with Gasteiger partial charge >= 0.3 is 0 Å². The molecule has 166 valence electrons. The van der Waals surface area contributed by atoms with Crippen molar-refractivity contribution in [2.24, 2.45) is 5.92 Å². The summed E-state index contributed by atoms with van der Waals surface area (Å²) >= 11 is 6.21. The Bertz CT molecular complexity index is 787. The molecular formula is C22H32ClN3O4. The number of hydrogen-bond acceptors (Lipinski definition) is 6. The van der Waals surface area contributed by atoms with Crippen molar-refractivity contribution >= 4 is 23.2 Å². The zero-order chi connectivity index (χ0) is 21.3. The highest BCUT2D eigenvalue weighted by Crippen LogP contribution is 2.38. The molecule has 1 aromatic carbocycles. The van der Waals surface area contributed by atoms with Crippen LogP contribution in [-0.2, 0) is 6.42 Å². The van der Waals surface area contributed by atoms with Gasteiger partial charge in [0, 0.05) is 25.1 Å². The van der Waals surface area contributed by atoms with Crippen LogP contribution in [0.1, 0.15) is 54.4 Å². The summed E-state index contributed by atoms with van der Waals surface area (Å²) in [5.74, 6) is 0.800. The molecule has 2 heterocycles. The number of fused-ring (bicyclic) bond motifs is 1. The van der Waals surface area contributed by atoms with Gasteiger partial charge in [-0.1, -0.05) is 11.6 Å². The molecule has 2 aliphatic heterocycles. The van der Waals surface area contributed by atoms with Gasteiger partial charge in [-0.2, -0.15) is 0 Å². The third-order valence-electron chi connectivity index (χ3n) is 6.88. The van der Waals surface area contributed by atoms with E-state index >= 15 is 0 Å². The Morgan fingerprint density at radius 2 is 2.00 bits per heavy atom. The quantitative estimate of drug-likeness (QED) is 0.524. The van der Waals surface area contributed by atoms with E-state index < -0.39 is 5.60 Å². The molecule has 1 aliphatic carbocycles. The van der Waals surface area contributed by atoms with Crippen molar-refractivity contribution in [2.75, 3.05) is 38.5 Å². The molecule has 0 bridgehead atoms. The predicted molar refractivity (Wildman–Crippen MR) is 116 cm³/mol. The molecule has 0 unspecified atom stereocenters. The highest BCUT2D eigenvalue weighted by atomic mass is 35.5. The summed E-state index contributed by atoms with van der Waals surface area (Å²) in [6.45, 7) is 3.63. The number of anilines is 1. The predicted octanol–water partition coefficient (Wildman–Crippen LogP) is 1.96. The Balaban J connectivity index is 1.26. The number of ether oxygens (including phenoxy) is 1. The van der Waals surface area contributed by atoms with Crippen LogP contribution in [0.3, 0.4) is 0 Å². The average Bonchev–Trinajstić information content (AvgIpc) is 3.22. The van der Waals surface area contributed by atoms with E-state index in [4.69, 9.17) is 22.1 Å². The van der Waals surface area contributed by atoms with Crippen molar-refractivity contribution in [3.8, 4) is 5.75 Å². The van der Waals surface area contributed by atoms with E-state index in [2.05, 4.69) is 10.2 Å². The number of carbonyl (C=O) groups is 1. The second kappa shape index (κ2) is 8.91. The number of carbonyl (C=O) groups excluding carboxylic acids is 1. The van der Waals surface area contributed by atoms with Crippen molar-refractivity contribution in [1.29, 1.82) is 0 Å². The monoisotopic (exact) mass is 437 g/mol. The molecule has 5 N–H and O–H groups in total. The second-order valence-electron chi connectivity index (χ2n) is 9.11. The van der Waals surface area contributed by atoms with Crippen LogP contribution in [0.5, 0.6) is 5.75 Å². The number of aliphatic hydroxyl groups is 2. The van der Waals surface area contributed by atoms with Crippen LogP contribution in [0.15, 0.2) is 6.07 Å². The van der Waals surface area contributed by atoms with Crippen molar-refractivity contribution in [3.63, 3.8) is 0 Å². The number of hydrogen-bond donors (Lipinski definition) is 4. The SMILES string of the molecule is Nc1c(Cl)cc(C(=O)NCC2CCN(CC3(O)CCC(O)CC3)CC2)c2c1CCO2. The highest BCUT2D eigenvalue weighted by Gasteiger charge is 2.35. The van der Waals surface area contributed by atoms with Gasteiger partial charge in [0.2, 0.25) is 0 Å². The minimum atomic E-state index is -0.672. The Morgan fingerprint density at radius 1 is 1.30 bits per heavy atom. The number of rotatable bonds is 5. The Kier molecular flexibility index (Phi) is 6.44. The summed E-state index contributed by atoms with van der Waals surface area (Å²) in [5, 5.41) is 23.9. The number of nitrogens with one attached hydrogen (secondary N) is 1. The van der Waals surface area contributed by atoms with Crippen molar-refractivity contribution in [1.82, 2.24) is 10.2 Å². The molecule has 1 aromatic rings. The van der Waals surface area contributed by atoms with Crippen LogP contribution >= 0.6 is 11.6 Å². The van der Waals surface area contributed by atoms with Crippen molar-refractivity contribution < 1.29 is 19.7 Å². The lowest BCUT2D eigenvalue weighted by molar-refractivity contribution is -0.0572. The summed E-state index contributed by atoms with van der Waals surface area (Å²) in [4.78, 5) is 15.1. The number of halogens is 1. The lowest BCUT2D eigenvalue weighted by Crippen LogP contribution is -2.49. The molecule has 1 saturated heterocycles. The first-order chi connectivity index (χ1) is 14.3. The lowest BCUT2D eigenvalue weighted by Gasteiger charge is -2.41. The van der Waals surface area contributed by atoms with Gasteiger partial charge in [0.25, 0.3) is 5.91 Å². The topological polar surface area (TPSA) is 108 Å². The van der Waals surface area contributed by atoms with Gasteiger partial charge in [-0.3, -0.25) is 4.79 Å². The first-order valence-electron chi connectivity index (χ1n) is 11.0. The van der Waals surface area contributed by atoms with Crippen molar-refractivity contribution in [3.05, 3.63) is 22.2 Å². The van der Waals surface area contributed by atoms with Crippen LogP contribution in [-0.4, -0.2) is 65.5 Å². The maximum Gasteiger partial charge on any atom is 0.255 e. The molecule has 8 heteroatoms. The summed E-state index contributed by atoms with van der Waals surface area (Å²) < 4.78 is 5.64. The van der Waals surface area contributed by atoms with Gasteiger partial charge in [0.15, 0.2) is 0 Å². The molecule has 1 saturated carbocycles. The fraction of sp³-hybridized carbons (Fsp3) is 0.682. The number of nitrogen functional groups attached to an aromatic ring is 1. The lowest BCUT2D eigenvalue weighted by atomic mass is 9.82. The molecule has 7 nitrogen and oxygen atoms in total. The van der Waals surface area contributed by atoms with E-state index in [9.17, 15) is 15.0 Å². The molecule has 3 aliphatic rings. The molecule has 0 spiro atoms. The summed E-state index contributed by atoms with van der Waals surface area (Å²) in [6, 6.07) is 1.60. The molecule has 0 aromatic heterocycles. The van der Waals surface area contributed by atoms with E-state index in [1.54, 1.807) is 6.07 Å². The number of nitrogens with zero attached hydrogens (tertiary/aromatic N) is 1.